The van der Waals surface area contributed by atoms with Crippen molar-refractivity contribution in [2.45, 2.75) is 45.6 Å². The highest BCUT2D eigenvalue weighted by Gasteiger charge is 2.20. The van der Waals surface area contributed by atoms with Crippen LogP contribution in [0.25, 0.3) is 0 Å². The molecule has 100 valence electrons. The molecule has 2 heterocycles. The molecule has 0 bridgehead atoms. The van der Waals surface area contributed by atoms with E-state index in [-0.39, 0.29) is 11.5 Å². The van der Waals surface area contributed by atoms with Gasteiger partial charge in [-0.2, -0.15) is 0 Å². The lowest BCUT2D eigenvalue weighted by Gasteiger charge is -2.24. The second-order valence-electron chi connectivity index (χ2n) is 5.96. The number of nitrogens with zero attached hydrogens (tertiary/aromatic N) is 2. The summed E-state index contributed by atoms with van der Waals surface area (Å²) in [6.07, 6.45) is 0.992. The molecule has 0 aromatic carbocycles. The molecule has 0 spiro atoms. The van der Waals surface area contributed by atoms with Gasteiger partial charge in [0.2, 0.25) is 0 Å². The molecule has 1 N–H and O–H groups in total. The van der Waals surface area contributed by atoms with Crippen molar-refractivity contribution < 1.29 is 4.74 Å². The topological polar surface area (TPSA) is 47.0 Å². The van der Waals surface area contributed by atoms with E-state index in [4.69, 9.17) is 4.74 Å². The van der Waals surface area contributed by atoms with Gasteiger partial charge in [-0.25, -0.2) is 9.97 Å². The molecule has 1 aromatic rings. The van der Waals surface area contributed by atoms with E-state index >= 15 is 0 Å². The minimum absolute atomic E-state index is 0.0636. The first-order chi connectivity index (χ1) is 8.45. The van der Waals surface area contributed by atoms with Crippen LogP contribution in [0.1, 0.15) is 38.0 Å². The third-order valence-corrected chi connectivity index (χ3v) is 3.08. The molecule has 1 saturated heterocycles. The van der Waals surface area contributed by atoms with E-state index in [2.05, 4.69) is 42.1 Å². The summed E-state index contributed by atoms with van der Waals surface area (Å²) in [6, 6.07) is 2.07. The zero-order chi connectivity index (χ0) is 13.2. The van der Waals surface area contributed by atoms with Crippen LogP contribution in [0, 0.1) is 6.92 Å². The molecule has 4 nitrogen and oxygen atoms in total. The maximum Gasteiger partial charge on any atom is 0.131 e. The first-order valence-corrected chi connectivity index (χ1v) is 6.62. The van der Waals surface area contributed by atoms with Crippen LogP contribution in [-0.4, -0.2) is 35.8 Å². The largest absolute Gasteiger partial charge is 0.375 e. The number of nitrogens with one attached hydrogen (secondary N) is 1. The average molecular weight is 249 g/mol. The number of aromatic nitrogens is 2. The molecule has 1 aliphatic rings. The molecular weight excluding hydrogens is 226 g/mol. The Morgan fingerprint density at radius 1 is 1.39 bits per heavy atom. The van der Waals surface area contributed by atoms with Crippen molar-refractivity contribution in [2.75, 3.05) is 19.7 Å². The molecule has 1 aromatic heterocycles. The number of hydrogen-bond acceptors (Lipinski definition) is 4. The van der Waals surface area contributed by atoms with Crippen molar-refractivity contribution in [3.8, 4) is 0 Å². The minimum Gasteiger partial charge on any atom is -0.375 e. The quantitative estimate of drug-likeness (QED) is 0.865. The van der Waals surface area contributed by atoms with Gasteiger partial charge in [0, 0.05) is 36.3 Å². The lowest BCUT2D eigenvalue weighted by molar-refractivity contribution is 0.0279. The Labute approximate surface area is 109 Å². The Hall–Kier alpha value is -1.00. The highest BCUT2D eigenvalue weighted by molar-refractivity contribution is 5.17. The summed E-state index contributed by atoms with van der Waals surface area (Å²) < 4.78 is 5.70. The molecule has 1 fully saturated rings. The molecule has 0 saturated carbocycles. The minimum atomic E-state index is 0.0636. The van der Waals surface area contributed by atoms with Gasteiger partial charge in [0.25, 0.3) is 0 Å². The first kappa shape index (κ1) is 13.4. The summed E-state index contributed by atoms with van der Waals surface area (Å²) in [4.78, 5) is 9.20. The van der Waals surface area contributed by atoms with Gasteiger partial charge in [-0.05, 0) is 13.0 Å². The monoisotopic (exact) mass is 249 g/mol. The number of hydrogen-bond donors (Lipinski definition) is 1. The summed E-state index contributed by atoms with van der Waals surface area (Å²) in [7, 11) is 0. The van der Waals surface area contributed by atoms with E-state index in [1.807, 2.05) is 6.92 Å². The molecule has 18 heavy (non-hydrogen) atoms. The van der Waals surface area contributed by atoms with Crippen LogP contribution in [0.5, 0.6) is 0 Å². The van der Waals surface area contributed by atoms with Crippen LogP contribution < -0.4 is 5.32 Å². The Balaban J connectivity index is 2.14. The van der Waals surface area contributed by atoms with Gasteiger partial charge >= 0.3 is 0 Å². The summed E-state index contributed by atoms with van der Waals surface area (Å²) in [5, 5.41) is 3.33. The van der Waals surface area contributed by atoms with Gasteiger partial charge in [0.1, 0.15) is 5.82 Å². The molecule has 1 aliphatic heterocycles. The number of morpholine rings is 1. The Kier molecular flexibility index (Phi) is 3.97. The van der Waals surface area contributed by atoms with Gasteiger partial charge in [-0.3, -0.25) is 0 Å². The van der Waals surface area contributed by atoms with Crippen molar-refractivity contribution in [3.63, 3.8) is 0 Å². The second kappa shape index (κ2) is 5.33. The van der Waals surface area contributed by atoms with Crippen molar-refractivity contribution in [3.05, 3.63) is 23.3 Å². The maximum atomic E-state index is 5.70. The number of ether oxygens (including phenoxy) is 1. The normalized spacial score (nSPS) is 21.0. The third kappa shape index (κ3) is 3.50. The zero-order valence-electron chi connectivity index (χ0n) is 11.8. The summed E-state index contributed by atoms with van der Waals surface area (Å²) in [6.45, 7) is 11.2. The number of rotatable bonds is 2. The molecule has 0 radical (unpaired) electrons. The summed E-state index contributed by atoms with van der Waals surface area (Å²) in [5.41, 5.74) is 2.20. The molecule has 0 aliphatic carbocycles. The van der Waals surface area contributed by atoms with E-state index in [1.54, 1.807) is 0 Å². The van der Waals surface area contributed by atoms with Crippen LogP contribution >= 0.6 is 0 Å². The molecule has 1 atom stereocenters. The SMILES string of the molecule is Cc1cc(C(C)(C)C)nc(CC2CNCCO2)n1. The van der Waals surface area contributed by atoms with E-state index < -0.39 is 0 Å². The van der Waals surface area contributed by atoms with Crippen molar-refractivity contribution in [1.82, 2.24) is 15.3 Å². The molecule has 1 unspecified atom stereocenters. The van der Waals surface area contributed by atoms with Crippen molar-refractivity contribution in [2.24, 2.45) is 0 Å². The fourth-order valence-corrected chi connectivity index (χ4v) is 2.06. The molecule has 4 heteroatoms. The van der Waals surface area contributed by atoms with Gasteiger partial charge < -0.3 is 10.1 Å². The van der Waals surface area contributed by atoms with Gasteiger partial charge in [0.15, 0.2) is 0 Å². The van der Waals surface area contributed by atoms with E-state index in [9.17, 15) is 0 Å². The molecule has 0 amide bonds. The Bertz CT molecular complexity index is 406. The van der Waals surface area contributed by atoms with Gasteiger partial charge in [0.05, 0.1) is 12.7 Å². The fourth-order valence-electron chi connectivity index (χ4n) is 2.06. The van der Waals surface area contributed by atoms with Crippen LogP contribution in [-0.2, 0) is 16.6 Å². The van der Waals surface area contributed by atoms with Crippen LogP contribution in [0.15, 0.2) is 6.07 Å². The predicted molar refractivity (Wildman–Crippen MR) is 71.8 cm³/mol. The van der Waals surface area contributed by atoms with E-state index in [0.29, 0.717) is 0 Å². The fraction of sp³-hybridized carbons (Fsp3) is 0.714. The lowest BCUT2D eigenvalue weighted by Crippen LogP contribution is -2.40. The standard InChI is InChI=1S/C14H23N3O/c1-10-7-12(14(2,3)4)17-13(16-10)8-11-9-15-5-6-18-11/h7,11,15H,5-6,8-9H2,1-4H3. The van der Waals surface area contributed by atoms with Crippen LogP contribution in [0.4, 0.5) is 0 Å². The van der Waals surface area contributed by atoms with Crippen LogP contribution in [0.3, 0.4) is 0 Å². The van der Waals surface area contributed by atoms with Crippen molar-refractivity contribution in [1.29, 1.82) is 0 Å². The number of aryl methyl sites for hydroxylation is 1. The highest BCUT2D eigenvalue weighted by Crippen LogP contribution is 2.21. The predicted octanol–water partition coefficient (Wildman–Crippen LogP) is 1.61. The first-order valence-electron chi connectivity index (χ1n) is 6.62. The maximum absolute atomic E-state index is 5.70. The molecule has 2 rings (SSSR count). The zero-order valence-corrected chi connectivity index (χ0v) is 11.8. The Morgan fingerprint density at radius 2 is 2.17 bits per heavy atom. The van der Waals surface area contributed by atoms with E-state index in [0.717, 1.165) is 43.3 Å². The highest BCUT2D eigenvalue weighted by atomic mass is 16.5. The van der Waals surface area contributed by atoms with Gasteiger partial charge in [-0.15, -0.1) is 0 Å². The lowest BCUT2D eigenvalue weighted by atomic mass is 9.91. The van der Waals surface area contributed by atoms with Gasteiger partial charge in [-0.1, -0.05) is 20.8 Å². The second-order valence-corrected chi connectivity index (χ2v) is 5.96. The summed E-state index contributed by atoms with van der Waals surface area (Å²) >= 11 is 0. The van der Waals surface area contributed by atoms with E-state index in [1.165, 1.54) is 0 Å². The van der Waals surface area contributed by atoms with Crippen LogP contribution in [0.2, 0.25) is 0 Å². The average Bonchev–Trinajstić information content (AvgIpc) is 2.28. The summed E-state index contributed by atoms with van der Waals surface area (Å²) in [5.74, 6) is 0.897. The van der Waals surface area contributed by atoms with Crippen molar-refractivity contribution >= 4 is 0 Å². The molecular formula is C14H23N3O. The Morgan fingerprint density at radius 3 is 2.78 bits per heavy atom. The third-order valence-electron chi connectivity index (χ3n) is 3.08. The smallest absolute Gasteiger partial charge is 0.131 e.